The summed E-state index contributed by atoms with van der Waals surface area (Å²) >= 11 is 0. The predicted molar refractivity (Wildman–Crippen MR) is 64.1 cm³/mol. The minimum Gasteiger partial charge on any atom is -0.458 e. The number of carbonyl (C=O) groups is 1. The summed E-state index contributed by atoms with van der Waals surface area (Å²) in [5.41, 5.74) is -0.130. The molecule has 1 saturated heterocycles. The summed E-state index contributed by atoms with van der Waals surface area (Å²) in [5, 5.41) is 0. The number of ether oxygens (including phenoxy) is 1. The molecule has 2 fully saturated rings. The molecule has 17 heavy (non-hydrogen) atoms. The van der Waals surface area contributed by atoms with Crippen molar-refractivity contribution in [2.75, 3.05) is 0 Å². The maximum atomic E-state index is 12.2. The molecular formula is C15H18O2. The Hall–Kier alpha value is -1.05. The van der Waals surface area contributed by atoms with Crippen LogP contribution in [0.15, 0.2) is 24.3 Å². The van der Waals surface area contributed by atoms with Crippen molar-refractivity contribution in [2.24, 2.45) is 23.7 Å². The first-order valence-electron chi connectivity index (χ1n) is 6.86. The van der Waals surface area contributed by atoms with Crippen LogP contribution in [0.3, 0.4) is 0 Å². The summed E-state index contributed by atoms with van der Waals surface area (Å²) in [4.78, 5) is 12.2. The Morgan fingerprint density at radius 1 is 1.12 bits per heavy atom. The highest BCUT2D eigenvalue weighted by atomic mass is 16.6. The van der Waals surface area contributed by atoms with Crippen LogP contribution in [0.2, 0.25) is 0 Å². The van der Waals surface area contributed by atoms with Crippen molar-refractivity contribution in [2.45, 2.75) is 37.7 Å². The zero-order chi connectivity index (χ0) is 11.5. The van der Waals surface area contributed by atoms with E-state index in [2.05, 4.69) is 24.3 Å². The van der Waals surface area contributed by atoms with Crippen LogP contribution in [0.4, 0.5) is 0 Å². The van der Waals surface area contributed by atoms with Crippen LogP contribution in [0.25, 0.3) is 0 Å². The molecule has 0 aromatic rings. The molecule has 4 rings (SSSR count). The minimum atomic E-state index is -0.130. The Bertz CT molecular complexity index is 411. The van der Waals surface area contributed by atoms with Crippen molar-refractivity contribution in [1.82, 2.24) is 0 Å². The second-order valence-electron chi connectivity index (χ2n) is 6.03. The topological polar surface area (TPSA) is 26.3 Å². The molecule has 2 nitrogen and oxygen atoms in total. The average Bonchev–Trinajstić information content (AvgIpc) is 2.92. The summed E-state index contributed by atoms with van der Waals surface area (Å²) in [7, 11) is 0. The van der Waals surface area contributed by atoms with Crippen molar-refractivity contribution in [3.8, 4) is 0 Å². The number of hydrogen-bond donors (Lipinski definition) is 0. The zero-order valence-corrected chi connectivity index (χ0v) is 9.97. The van der Waals surface area contributed by atoms with Crippen LogP contribution >= 0.6 is 0 Å². The summed E-state index contributed by atoms with van der Waals surface area (Å²) in [6, 6.07) is 0. The minimum absolute atomic E-state index is 0.0914. The van der Waals surface area contributed by atoms with Crippen molar-refractivity contribution >= 4 is 5.97 Å². The van der Waals surface area contributed by atoms with E-state index in [9.17, 15) is 4.79 Å². The molecule has 1 aliphatic heterocycles. The predicted octanol–water partition coefficient (Wildman–Crippen LogP) is 2.85. The number of carbonyl (C=O) groups excluding carboxylic acids is 1. The quantitative estimate of drug-likeness (QED) is 0.472. The highest BCUT2D eigenvalue weighted by Crippen LogP contribution is 2.60. The molecule has 3 aliphatic carbocycles. The van der Waals surface area contributed by atoms with Crippen molar-refractivity contribution in [1.29, 1.82) is 0 Å². The van der Waals surface area contributed by atoms with Crippen LogP contribution in [-0.2, 0) is 9.53 Å². The molecule has 0 amide bonds. The van der Waals surface area contributed by atoms with E-state index in [1.807, 2.05) is 0 Å². The van der Waals surface area contributed by atoms with Gasteiger partial charge in [0.1, 0.15) is 5.60 Å². The van der Waals surface area contributed by atoms with Gasteiger partial charge in [-0.15, -0.1) is 0 Å². The fourth-order valence-corrected chi connectivity index (χ4v) is 4.65. The molecule has 0 radical (unpaired) electrons. The summed E-state index contributed by atoms with van der Waals surface area (Å²) in [6.07, 6.45) is 14.5. The van der Waals surface area contributed by atoms with Crippen LogP contribution in [0.1, 0.15) is 32.1 Å². The average molecular weight is 230 g/mol. The zero-order valence-electron chi connectivity index (χ0n) is 9.97. The molecule has 2 bridgehead atoms. The van der Waals surface area contributed by atoms with E-state index >= 15 is 0 Å². The van der Waals surface area contributed by atoms with Crippen LogP contribution < -0.4 is 0 Å². The maximum absolute atomic E-state index is 12.2. The van der Waals surface area contributed by atoms with Gasteiger partial charge in [-0.25, -0.2) is 0 Å². The standard InChI is InChI=1S/C15H18O2/c16-14-12-10-5-6-11(9-10)13(12)15(17-14)7-3-1-2-4-8-15/h1-2,5-6,10-13H,3-4,7-9H2/t10-,11+,12-,13+/m1/s1. The third-order valence-electron chi connectivity index (χ3n) is 5.28. The fourth-order valence-electron chi connectivity index (χ4n) is 4.65. The van der Waals surface area contributed by atoms with E-state index in [-0.39, 0.29) is 17.5 Å². The largest absolute Gasteiger partial charge is 0.458 e. The molecular weight excluding hydrogens is 212 g/mol. The first-order chi connectivity index (χ1) is 8.30. The van der Waals surface area contributed by atoms with Gasteiger partial charge >= 0.3 is 5.97 Å². The Labute approximate surface area is 102 Å². The van der Waals surface area contributed by atoms with Gasteiger partial charge in [0.15, 0.2) is 0 Å². The smallest absolute Gasteiger partial charge is 0.310 e. The van der Waals surface area contributed by atoms with Crippen LogP contribution in [0.5, 0.6) is 0 Å². The fraction of sp³-hybridized carbons (Fsp3) is 0.667. The van der Waals surface area contributed by atoms with Crippen molar-refractivity contribution in [3.63, 3.8) is 0 Å². The van der Waals surface area contributed by atoms with E-state index in [0.29, 0.717) is 17.8 Å². The third kappa shape index (κ3) is 1.19. The molecule has 0 N–H and O–H groups in total. The Balaban J connectivity index is 1.73. The van der Waals surface area contributed by atoms with Gasteiger partial charge in [0, 0.05) is 5.92 Å². The molecule has 90 valence electrons. The monoisotopic (exact) mass is 230 g/mol. The van der Waals surface area contributed by atoms with E-state index < -0.39 is 0 Å². The first-order valence-corrected chi connectivity index (χ1v) is 6.86. The second-order valence-corrected chi connectivity index (χ2v) is 6.03. The highest BCUT2D eigenvalue weighted by molar-refractivity contribution is 5.78. The van der Waals surface area contributed by atoms with Gasteiger partial charge in [-0.2, -0.15) is 0 Å². The molecule has 1 spiro atoms. The SMILES string of the molecule is O=C1OC2(CCC=CCC2)[C@@H]2[C@H]1[C@@H]1C=C[C@H]2C1. The molecule has 1 saturated carbocycles. The highest BCUT2D eigenvalue weighted by Gasteiger charge is 2.63. The number of fused-ring (bicyclic) bond motifs is 6. The van der Waals surface area contributed by atoms with Gasteiger partial charge in [-0.05, 0) is 43.9 Å². The Morgan fingerprint density at radius 3 is 2.59 bits per heavy atom. The van der Waals surface area contributed by atoms with E-state index in [1.54, 1.807) is 0 Å². The first kappa shape index (κ1) is 9.93. The molecule has 0 aromatic carbocycles. The molecule has 4 atom stereocenters. The normalized spacial score (nSPS) is 45.1. The summed E-state index contributed by atoms with van der Waals surface area (Å²) in [5.74, 6) is 1.84. The third-order valence-corrected chi connectivity index (χ3v) is 5.28. The maximum Gasteiger partial charge on any atom is 0.310 e. The Morgan fingerprint density at radius 2 is 1.82 bits per heavy atom. The van der Waals surface area contributed by atoms with Gasteiger partial charge < -0.3 is 4.74 Å². The van der Waals surface area contributed by atoms with E-state index in [1.165, 1.54) is 6.42 Å². The van der Waals surface area contributed by atoms with Crippen molar-refractivity contribution < 1.29 is 9.53 Å². The number of allylic oxidation sites excluding steroid dienone is 4. The number of rotatable bonds is 0. The van der Waals surface area contributed by atoms with Gasteiger partial charge in [0.05, 0.1) is 5.92 Å². The number of esters is 1. The Kier molecular flexibility index (Phi) is 1.89. The van der Waals surface area contributed by atoms with E-state index in [4.69, 9.17) is 4.74 Å². The second kappa shape index (κ2) is 3.24. The van der Waals surface area contributed by atoms with E-state index in [0.717, 1.165) is 25.7 Å². The lowest BCUT2D eigenvalue weighted by molar-refractivity contribution is -0.153. The van der Waals surface area contributed by atoms with Crippen LogP contribution in [-0.4, -0.2) is 11.6 Å². The molecule has 4 aliphatic rings. The lowest BCUT2D eigenvalue weighted by Crippen LogP contribution is -2.38. The molecule has 0 unspecified atom stereocenters. The summed E-state index contributed by atoms with van der Waals surface area (Å²) < 4.78 is 5.90. The molecule has 0 aromatic heterocycles. The van der Waals surface area contributed by atoms with Gasteiger partial charge in [0.2, 0.25) is 0 Å². The van der Waals surface area contributed by atoms with Gasteiger partial charge in [-0.1, -0.05) is 24.3 Å². The number of hydrogen-bond acceptors (Lipinski definition) is 2. The van der Waals surface area contributed by atoms with Gasteiger partial charge in [-0.3, -0.25) is 4.79 Å². The lowest BCUT2D eigenvalue weighted by atomic mass is 9.71. The van der Waals surface area contributed by atoms with Crippen molar-refractivity contribution in [3.05, 3.63) is 24.3 Å². The molecule has 2 heteroatoms. The van der Waals surface area contributed by atoms with Gasteiger partial charge in [0.25, 0.3) is 0 Å². The summed E-state index contributed by atoms with van der Waals surface area (Å²) in [6.45, 7) is 0. The van der Waals surface area contributed by atoms with Crippen LogP contribution in [0, 0.1) is 23.7 Å². The molecule has 1 heterocycles. The lowest BCUT2D eigenvalue weighted by Gasteiger charge is -2.35.